The topological polar surface area (TPSA) is 89.8 Å². The van der Waals surface area contributed by atoms with Gasteiger partial charge in [-0.1, -0.05) is 12.1 Å². The maximum Gasteiger partial charge on any atom is 0.257 e. The molecule has 0 atom stereocenters. The molecule has 0 bridgehead atoms. The number of nitrogens with one attached hydrogen (secondary N) is 2. The Bertz CT molecular complexity index is 1370. The van der Waals surface area contributed by atoms with Crippen molar-refractivity contribution in [2.24, 2.45) is 0 Å². The molecule has 0 aliphatic carbocycles. The highest BCUT2D eigenvalue weighted by molar-refractivity contribution is 6.11. The van der Waals surface area contributed by atoms with E-state index < -0.39 is 0 Å². The second-order valence-electron chi connectivity index (χ2n) is 7.98. The van der Waals surface area contributed by atoms with Gasteiger partial charge in [0.25, 0.3) is 5.91 Å². The fraction of sp³-hybridized carbons (Fsp3) is 0.185. The van der Waals surface area contributed by atoms with Crippen molar-refractivity contribution in [1.82, 2.24) is 0 Å². The van der Waals surface area contributed by atoms with Crippen molar-refractivity contribution in [1.29, 1.82) is 0 Å². The molecule has 4 rings (SSSR count). The van der Waals surface area contributed by atoms with Crippen LogP contribution in [0.15, 0.2) is 65.3 Å². The molecule has 0 spiro atoms. The van der Waals surface area contributed by atoms with E-state index in [9.17, 15) is 9.59 Å². The van der Waals surface area contributed by atoms with Crippen molar-refractivity contribution >= 4 is 34.2 Å². The molecule has 3 aromatic carbocycles. The van der Waals surface area contributed by atoms with Crippen LogP contribution in [0, 0.1) is 13.8 Å². The lowest BCUT2D eigenvalue weighted by atomic mass is 10.0. The lowest BCUT2D eigenvalue weighted by molar-refractivity contribution is -0.115. The number of carbonyl (C=O) groups excluding carboxylic acids is 2. The van der Waals surface area contributed by atoms with Gasteiger partial charge in [0, 0.05) is 17.0 Å². The van der Waals surface area contributed by atoms with Crippen LogP contribution in [0.1, 0.15) is 27.0 Å². The predicted molar refractivity (Wildman–Crippen MR) is 132 cm³/mol. The molecule has 7 nitrogen and oxygen atoms in total. The maximum atomic E-state index is 13.0. The molecule has 0 radical (unpaired) electrons. The molecule has 7 heteroatoms. The molecule has 0 saturated heterocycles. The highest BCUT2D eigenvalue weighted by Gasteiger charge is 2.17. The number of hydrogen-bond donors (Lipinski definition) is 2. The van der Waals surface area contributed by atoms with Gasteiger partial charge in [0.05, 0.1) is 43.8 Å². The molecule has 0 fully saturated rings. The first kappa shape index (κ1) is 22.9. The van der Waals surface area contributed by atoms with Gasteiger partial charge in [-0.05, 0) is 61.4 Å². The van der Waals surface area contributed by atoms with Gasteiger partial charge in [-0.25, -0.2) is 0 Å². The minimum atomic E-state index is -0.376. The van der Waals surface area contributed by atoms with Crippen molar-refractivity contribution in [3.63, 3.8) is 0 Å². The summed E-state index contributed by atoms with van der Waals surface area (Å²) in [6.07, 6.45) is 1.73. The molecule has 2 N–H and O–H groups in total. The molecule has 0 saturated carbocycles. The van der Waals surface area contributed by atoms with Gasteiger partial charge in [-0.15, -0.1) is 0 Å². The van der Waals surface area contributed by atoms with Gasteiger partial charge in [-0.2, -0.15) is 0 Å². The number of aryl methyl sites for hydroxylation is 2. The van der Waals surface area contributed by atoms with E-state index in [-0.39, 0.29) is 18.2 Å². The van der Waals surface area contributed by atoms with E-state index in [1.165, 1.54) is 7.11 Å². The lowest BCUT2D eigenvalue weighted by Crippen LogP contribution is -2.19. The Morgan fingerprint density at radius 1 is 0.882 bits per heavy atom. The van der Waals surface area contributed by atoms with E-state index in [0.717, 1.165) is 27.7 Å². The minimum Gasteiger partial charge on any atom is -0.497 e. The number of benzene rings is 3. The fourth-order valence-corrected chi connectivity index (χ4v) is 3.72. The molecule has 4 aromatic rings. The fourth-order valence-electron chi connectivity index (χ4n) is 3.72. The van der Waals surface area contributed by atoms with Gasteiger partial charge in [0.2, 0.25) is 5.91 Å². The maximum absolute atomic E-state index is 13.0. The zero-order chi connectivity index (χ0) is 24.2. The van der Waals surface area contributed by atoms with Gasteiger partial charge in [0.15, 0.2) is 0 Å². The molecule has 0 unspecified atom stereocenters. The molecular weight excluding hydrogens is 432 g/mol. The van der Waals surface area contributed by atoms with Crippen molar-refractivity contribution in [2.75, 3.05) is 24.9 Å². The number of para-hydroxylation sites is 1. The van der Waals surface area contributed by atoms with Gasteiger partial charge < -0.3 is 24.5 Å². The number of methoxy groups -OCH3 is 2. The summed E-state index contributed by atoms with van der Waals surface area (Å²) in [5.41, 5.74) is 5.04. The van der Waals surface area contributed by atoms with E-state index >= 15 is 0 Å². The molecule has 0 aliphatic rings. The van der Waals surface area contributed by atoms with Crippen LogP contribution in [0.4, 0.5) is 11.4 Å². The van der Waals surface area contributed by atoms with Crippen molar-refractivity contribution in [2.45, 2.75) is 20.3 Å². The van der Waals surface area contributed by atoms with Gasteiger partial charge >= 0.3 is 0 Å². The smallest absolute Gasteiger partial charge is 0.257 e. The standard InChI is InChI=1S/C27H26N2O5/c1-16-11-21-18(15-34-24(21)12-17(16)2)13-26(30)28-22-8-6-5-7-20(22)27(31)29-23-10-9-19(32-3)14-25(23)33-4/h5-12,14-15H,13H2,1-4H3,(H,28,30)(H,29,31). The number of fused-ring (bicyclic) bond motifs is 1. The van der Waals surface area contributed by atoms with E-state index in [4.69, 9.17) is 13.9 Å². The van der Waals surface area contributed by atoms with Gasteiger partial charge in [0.1, 0.15) is 17.1 Å². The third kappa shape index (κ3) is 4.73. The molecule has 0 aliphatic heterocycles. The summed E-state index contributed by atoms with van der Waals surface area (Å²) in [6, 6.07) is 16.0. The first-order chi connectivity index (χ1) is 16.4. The number of anilines is 2. The molecule has 174 valence electrons. The summed E-state index contributed by atoms with van der Waals surface area (Å²) in [4.78, 5) is 25.9. The summed E-state index contributed by atoms with van der Waals surface area (Å²) in [5.74, 6) is 0.452. The lowest BCUT2D eigenvalue weighted by Gasteiger charge is -2.14. The number of rotatable bonds is 7. The molecule has 34 heavy (non-hydrogen) atoms. The van der Waals surface area contributed by atoms with Crippen molar-refractivity contribution < 1.29 is 23.5 Å². The molecule has 1 aromatic heterocycles. The number of carbonyl (C=O) groups is 2. The molecular formula is C27H26N2O5. The Hall–Kier alpha value is -4.26. The summed E-state index contributed by atoms with van der Waals surface area (Å²) in [6.45, 7) is 4.05. The van der Waals surface area contributed by atoms with E-state index in [1.807, 2.05) is 26.0 Å². The van der Waals surface area contributed by atoms with Crippen LogP contribution in [-0.4, -0.2) is 26.0 Å². The third-order valence-electron chi connectivity index (χ3n) is 5.72. The first-order valence-corrected chi connectivity index (χ1v) is 10.8. The normalized spacial score (nSPS) is 10.7. The number of hydrogen-bond acceptors (Lipinski definition) is 5. The quantitative estimate of drug-likeness (QED) is 0.382. The zero-order valence-corrected chi connectivity index (χ0v) is 19.5. The van der Waals surface area contributed by atoms with Crippen LogP contribution in [0.5, 0.6) is 11.5 Å². The van der Waals surface area contributed by atoms with Crippen LogP contribution in [0.25, 0.3) is 11.0 Å². The number of ether oxygens (including phenoxy) is 2. The second-order valence-corrected chi connectivity index (χ2v) is 7.98. The Labute approximate surface area is 197 Å². The summed E-state index contributed by atoms with van der Waals surface area (Å²) >= 11 is 0. The monoisotopic (exact) mass is 458 g/mol. The highest BCUT2D eigenvalue weighted by Crippen LogP contribution is 2.30. The Morgan fingerprint density at radius 3 is 2.41 bits per heavy atom. The number of furan rings is 1. The van der Waals surface area contributed by atoms with Gasteiger partial charge in [-0.3, -0.25) is 9.59 Å². The average Bonchev–Trinajstić information content (AvgIpc) is 3.20. The van der Waals surface area contributed by atoms with Crippen LogP contribution >= 0.6 is 0 Å². The van der Waals surface area contributed by atoms with E-state index in [0.29, 0.717) is 28.4 Å². The molecule has 2 amide bonds. The largest absolute Gasteiger partial charge is 0.497 e. The van der Waals surface area contributed by atoms with Crippen LogP contribution < -0.4 is 20.1 Å². The average molecular weight is 459 g/mol. The Kier molecular flexibility index (Phi) is 6.54. The zero-order valence-electron chi connectivity index (χ0n) is 19.5. The van der Waals surface area contributed by atoms with E-state index in [2.05, 4.69) is 10.6 Å². The van der Waals surface area contributed by atoms with E-state index in [1.54, 1.807) is 55.8 Å². The minimum absolute atomic E-state index is 0.123. The Morgan fingerprint density at radius 2 is 1.65 bits per heavy atom. The highest BCUT2D eigenvalue weighted by atomic mass is 16.5. The summed E-state index contributed by atoms with van der Waals surface area (Å²) < 4.78 is 16.2. The predicted octanol–water partition coefficient (Wildman–Crippen LogP) is 5.50. The molecule has 1 heterocycles. The number of amides is 2. The first-order valence-electron chi connectivity index (χ1n) is 10.8. The van der Waals surface area contributed by atoms with Crippen LogP contribution in [0.2, 0.25) is 0 Å². The van der Waals surface area contributed by atoms with Crippen LogP contribution in [-0.2, 0) is 11.2 Å². The van der Waals surface area contributed by atoms with Crippen molar-refractivity contribution in [3.05, 3.63) is 83.1 Å². The second kappa shape index (κ2) is 9.70. The SMILES string of the molecule is COc1ccc(NC(=O)c2ccccc2NC(=O)Cc2coc3cc(C)c(C)cc23)c(OC)c1. The van der Waals surface area contributed by atoms with Crippen molar-refractivity contribution in [3.8, 4) is 11.5 Å². The summed E-state index contributed by atoms with van der Waals surface area (Å²) in [7, 11) is 3.07. The third-order valence-corrected chi connectivity index (χ3v) is 5.72. The summed E-state index contributed by atoms with van der Waals surface area (Å²) in [5, 5.41) is 6.61. The Balaban J connectivity index is 1.52. The van der Waals surface area contributed by atoms with Crippen LogP contribution in [0.3, 0.4) is 0 Å².